The third-order valence-electron chi connectivity index (χ3n) is 4.77. The molecule has 3 rings (SSSR count). The first-order valence-electron chi connectivity index (χ1n) is 7.70. The minimum absolute atomic E-state index is 0.178. The van der Waals surface area contributed by atoms with E-state index in [1.54, 1.807) is 0 Å². The molecule has 0 aromatic carbocycles. The molecule has 0 saturated carbocycles. The van der Waals surface area contributed by atoms with Crippen molar-refractivity contribution in [1.82, 2.24) is 14.5 Å². The highest BCUT2D eigenvalue weighted by molar-refractivity contribution is 5.09. The topological polar surface area (TPSA) is 41.3 Å². The summed E-state index contributed by atoms with van der Waals surface area (Å²) in [5, 5.41) is 9.82. The van der Waals surface area contributed by atoms with Crippen LogP contribution in [0.1, 0.15) is 37.7 Å². The summed E-state index contributed by atoms with van der Waals surface area (Å²) in [6.07, 6.45) is 7.37. The predicted octanol–water partition coefficient (Wildman–Crippen LogP) is 1.46. The maximum absolute atomic E-state index is 9.82. The second-order valence-corrected chi connectivity index (χ2v) is 6.05. The van der Waals surface area contributed by atoms with Crippen molar-refractivity contribution in [2.24, 2.45) is 5.92 Å². The van der Waals surface area contributed by atoms with E-state index in [9.17, 15) is 5.11 Å². The standard InChI is InChI=1S/C15H25N3O/c1-2-17-7-5-12(6-8-17)9-15-16-10-13-3-4-14(19)11-18(13)15/h10,12,14,19H,2-9,11H2,1H3. The molecule has 1 aromatic rings. The fraction of sp³-hybridized carbons (Fsp3) is 0.800. The first-order chi connectivity index (χ1) is 9.26. The highest BCUT2D eigenvalue weighted by Gasteiger charge is 2.23. The third kappa shape index (κ3) is 2.84. The largest absolute Gasteiger partial charge is 0.391 e. The number of fused-ring (bicyclic) bond motifs is 1. The molecule has 1 aromatic heterocycles. The van der Waals surface area contributed by atoms with E-state index in [0.717, 1.165) is 31.7 Å². The molecule has 19 heavy (non-hydrogen) atoms. The summed E-state index contributed by atoms with van der Waals surface area (Å²) < 4.78 is 2.26. The highest BCUT2D eigenvalue weighted by Crippen LogP contribution is 2.24. The van der Waals surface area contributed by atoms with Crippen LogP contribution in [0.25, 0.3) is 0 Å². The van der Waals surface area contributed by atoms with E-state index < -0.39 is 0 Å². The molecule has 0 amide bonds. The van der Waals surface area contributed by atoms with Gasteiger partial charge in [0.2, 0.25) is 0 Å². The van der Waals surface area contributed by atoms with Crippen molar-refractivity contribution in [3.8, 4) is 0 Å². The molecule has 1 N–H and O–H groups in total. The fourth-order valence-corrected chi connectivity index (χ4v) is 3.42. The van der Waals surface area contributed by atoms with Gasteiger partial charge < -0.3 is 14.6 Å². The number of aliphatic hydroxyl groups is 1. The van der Waals surface area contributed by atoms with Crippen LogP contribution < -0.4 is 0 Å². The van der Waals surface area contributed by atoms with Crippen LogP contribution in [-0.2, 0) is 19.4 Å². The molecular formula is C15H25N3O. The summed E-state index contributed by atoms with van der Waals surface area (Å²) in [5.41, 5.74) is 1.31. The molecule has 1 unspecified atom stereocenters. The molecule has 0 aliphatic carbocycles. The summed E-state index contributed by atoms with van der Waals surface area (Å²) in [7, 11) is 0. The Bertz CT molecular complexity index is 421. The van der Waals surface area contributed by atoms with Gasteiger partial charge >= 0.3 is 0 Å². The highest BCUT2D eigenvalue weighted by atomic mass is 16.3. The van der Waals surface area contributed by atoms with E-state index in [0.29, 0.717) is 0 Å². The van der Waals surface area contributed by atoms with E-state index >= 15 is 0 Å². The minimum Gasteiger partial charge on any atom is -0.391 e. The second kappa shape index (κ2) is 5.63. The fourth-order valence-electron chi connectivity index (χ4n) is 3.42. The molecule has 3 heterocycles. The van der Waals surface area contributed by atoms with Crippen LogP contribution in [0.3, 0.4) is 0 Å². The van der Waals surface area contributed by atoms with Gasteiger partial charge in [-0.2, -0.15) is 0 Å². The summed E-state index contributed by atoms with van der Waals surface area (Å²) >= 11 is 0. The SMILES string of the molecule is CCN1CCC(Cc2ncc3n2CC(O)CC3)CC1. The number of likely N-dealkylation sites (tertiary alicyclic amines) is 1. The molecule has 2 aliphatic rings. The van der Waals surface area contributed by atoms with E-state index in [1.165, 1.54) is 44.0 Å². The molecule has 4 heteroatoms. The zero-order chi connectivity index (χ0) is 13.2. The Morgan fingerprint density at radius 2 is 2.11 bits per heavy atom. The number of rotatable bonds is 3. The van der Waals surface area contributed by atoms with Gasteiger partial charge in [-0.25, -0.2) is 4.98 Å². The molecule has 106 valence electrons. The molecule has 0 bridgehead atoms. The molecule has 1 atom stereocenters. The van der Waals surface area contributed by atoms with Crippen molar-refractivity contribution < 1.29 is 5.11 Å². The number of piperidine rings is 1. The lowest BCUT2D eigenvalue weighted by Gasteiger charge is -2.31. The van der Waals surface area contributed by atoms with E-state index in [1.807, 2.05) is 6.20 Å². The van der Waals surface area contributed by atoms with Crippen LogP contribution in [-0.4, -0.2) is 45.3 Å². The van der Waals surface area contributed by atoms with Gasteiger partial charge in [-0.15, -0.1) is 0 Å². The van der Waals surface area contributed by atoms with Gasteiger partial charge in [-0.1, -0.05) is 6.92 Å². The average Bonchev–Trinajstić information content (AvgIpc) is 2.82. The first kappa shape index (κ1) is 13.1. The van der Waals surface area contributed by atoms with Crippen LogP contribution >= 0.6 is 0 Å². The number of nitrogens with zero attached hydrogens (tertiary/aromatic N) is 3. The minimum atomic E-state index is -0.178. The molecule has 1 saturated heterocycles. The van der Waals surface area contributed by atoms with Crippen LogP contribution in [0, 0.1) is 5.92 Å². The van der Waals surface area contributed by atoms with Gasteiger partial charge in [0.15, 0.2) is 0 Å². The van der Waals surface area contributed by atoms with Gasteiger partial charge in [0.1, 0.15) is 5.82 Å². The van der Waals surface area contributed by atoms with Gasteiger partial charge in [-0.3, -0.25) is 0 Å². The number of aliphatic hydroxyl groups excluding tert-OH is 1. The number of aromatic nitrogens is 2. The first-order valence-corrected chi connectivity index (χ1v) is 7.70. The Labute approximate surface area is 115 Å². The van der Waals surface area contributed by atoms with Gasteiger partial charge in [0.25, 0.3) is 0 Å². The average molecular weight is 263 g/mol. The lowest BCUT2D eigenvalue weighted by molar-refractivity contribution is 0.128. The van der Waals surface area contributed by atoms with Crippen molar-refractivity contribution in [2.45, 2.75) is 51.7 Å². The molecule has 2 aliphatic heterocycles. The van der Waals surface area contributed by atoms with Crippen LogP contribution in [0.5, 0.6) is 0 Å². The Morgan fingerprint density at radius 1 is 1.32 bits per heavy atom. The Kier molecular flexibility index (Phi) is 3.89. The lowest BCUT2D eigenvalue weighted by Crippen LogP contribution is -2.34. The monoisotopic (exact) mass is 263 g/mol. The van der Waals surface area contributed by atoms with Gasteiger partial charge in [0.05, 0.1) is 12.6 Å². The lowest BCUT2D eigenvalue weighted by atomic mass is 9.93. The van der Waals surface area contributed by atoms with E-state index in [-0.39, 0.29) is 6.10 Å². The smallest absolute Gasteiger partial charge is 0.109 e. The molecule has 4 nitrogen and oxygen atoms in total. The number of aryl methyl sites for hydroxylation is 1. The van der Waals surface area contributed by atoms with Gasteiger partial charge in [0, 0.05) is 18.3 Å². The maximum atomic E-state index is 9.82. The van der Waals surface area contributed by atoms with E-state index in [2.05, 4.69) is 21.4 Å². The number of imidazole rings is 1. The predicted molar refractivity (Wildman–Crippen MR) is 75.1 cm³/mol. The van der Waals surface area contributed by atoms with Crippen molar-refractivity contribution in [2.75, 3.05) is 19.6 Å². The number of hydrogen-bond acceptors (Lipinski definition) is 3. The number of hydrogen-bond donors (Lipinski definition) is 1. The van der Waals surface area contributed by atoms with Crippen LogP contribution in [0.4, 0.5) is 0 Å². The summed E-state index contributed by atoms with van der Waals surface area (Å²) in [6, 6.07) is 0. The Hall–Kier alpha value is -0.870. The molecule has 0 spiro atoms. The molecule has 0 radical (unpaired) electrons. The molecule has 1 fully saturated rings. The maximum Gasteiger partial charge on any atom is 0.109 e. The second-order valence-electron chi connectivity index (χ2n) is 6.05. The van der Waals surface area contributed by atoms with Crippen molar-refractivity contribution in [3.05, 3.63) is 17.7 Å². The third-order valence-corrected chi connectivity index (χ3v) is 4.77. The summed E-state index contributed by atoms with van der Waals surface area (Å²) in [6.45, 7) is 6.64. The van der Waals surface area contributed by atoms with Crippen molar-refractivity contribution in [1.29, 1.82) is 0 Å². The molecular weight excluding hydrogens is 238 g/mol. The Morgan fingerprint density at radius 3 is 2.84 bits per heavy atom. The van der Waals surface area contributed by atoms with Crippen LogP contribution in [0.15, 0.2) is 6.20 Å². The van der Waals surface area contributed by atoms with Crippen LogP contribution in [0.2, 0.25) is 0 Å². The Balaban J connectivity index is 1.63. The van der Waals surface area contributed by atoms with Gasteiger partial charge in [-0.05, 0) is 51.2 Å². The quantitative estimate of drug-likeness (QED) is 0.898. The van der Waals surface area contributed by atoms with E-state index in [4.69, 9.17) is 0 Å². The van der Waals surface area contributed by atoms with Crippen molar-refractivity contribution in [3.63, 3.8) is 0 Å². The normalized spacial score (nSPS) is 25.5. The summed E-state index contributed by atoms with van der Waals surface area (Å²) in [4.78, 5) is 7.13. The zero-order valence-corrected chi connectivity index (χ0v) is 11.9. The van der Waals surface area contributed by atoms with Crippen molar-refractivity contribution >= 4 is 0 Å². The summed E-state index contributed by atoms with van der Waals surface area (Å²) in [5.74, 6) is 1.97. The zero-order valence-electron chi connectivity index (χ0n) is 11.9.